The molecule has 148 valence electrons. The third-order valence-corrected chi connectivity index (χ3v) is 5.21. The predicted molar refractivity (Wildman–Crippen MR) is 109 cm³/mol. The van der Waals surface area contributed by atoms with Crippen LogP contribution in [0, 0.1) is 5.82 Å². The van der Waals surface area contributed by atoms with E-state index in [0.29, 0.717) is 22.6 Å². The van der Waals surface area contributed by atoms with Gasteiger partial charge in [0.15, 0.2) is 11.6 Å². The van der Waals surface area contributed by atoms with Crippen LogP contribution in [-0.4, -0.2) is 49.8 Å². The van der Waals surface area contributed by atoms with Crippen molar-refractivity contribution >= 4 is 22.2 Å². The molecule has 0 saturated carbocycles. The van der Waals surface area contributed by atoms with Crippen molar-refractivity contribution in [2.45, 2.75) is 13.0 Å². The van der Waals surface area contributed by atoms with Gasteiger partial charge in [-0.1, -0.05) is 0 Å². The maximum atomic E-state index is 14.4. The summed E-state index contributed by atoms with van der Waals surface area (Å²) in [6.07, 6.45) is 3.49. The number of aromatic nitrogens is 5. The number of halogens is 1. The largest absolute Gasteiger partial charge is 0.368 e. The van der Waals surface area contributed by atoms with Crippen molar-refractivity contribution in [2.75, 3.05) is 24.5 Å². The molecule has 8 nitrogen and oxygen atoms in total. The third kappa shape index (κ3) is 3.13. The Morgan fingerprint density at radius 1 is 1.21 bits per heavy atom. The summed E-state index contributed by atoms with van der Waals surface area (Å²) in [6.45, 7) is 4.76. The van der Waals surface area contributed by atoms with Crippen LogP contribution in [0.1, 0.15) is 6.92 Å². The summed E-state index contributed by atoms with van der Waals surface area (Å²) < 4.78 is 17.4. The van der Waals surface area contributed by atoms with Gasteiger partial charge >= 0.3 is 5.69 Å². The number of nitrogens with one attached hydrogen (secondary N) is 1. The Morgan fingerprint density at radius 3 is 2.90 bits per heavy atom. The summed E-state index contributed by atoms with van der Waals surface area (Å²) >= 11 is 0. The fraction of sp³-hybridized carbons (Fsp3) is 0.300. The zero-order chi connectivity index (χ0) is 20.1. The first-order valence-corrected chi connectivity index (χ1v) is 9.50. The fourth-order valence-electron chi connectivity index (χ4n) is 3.83. The number of pyridine rings is 1. The second kappa shape index (κ2) is 6.63. The van der Waals surface area contributed by atoms with Gasteiger partial charge in [-0.15, -0.1) is 0 Å². The molecule has 1 atom stereocenters. The highest BCUT2D eigenvalue weighted by Crippen LogP contribution is 2.24. The van der Waals surface area contributed by atoms with Gasteiger partial charge in [-0.2, -0.15) is 10.1 Å². The van der Waals surface area contributed by atoms with Crippen molar-refractivity contribution in [3.05, 3.63) is 53.0 Å². The fourth-order valence-corrected chi connectivity index (χ4v) is 3.83. The minimum atomic E-state index is -0.468. The van der Waals surface area contributed by atoms with Crippen molar-refractivity contribution in [3.63, 3.8) is 0 Å². The van der Waals surface area contributed by atoms with Crippen molar-refractivity contribution in [1.29, 1.82) is 0 Å². The zero-order valence-corrected chi connectivity index (χ0v) is 16.1. The number of aryl methyl sites for hydroxylation is 1. The minimum absolute atomic E-state index is 0.197. The van der Waals surface area contributed by atoms with Crippen LogP contribution in [0.15, 0.2) is 41.5 Å². The molecule has 29 heavy (non-hydrogen) atoms. The molecule has 0 radical (unpaired) electrons. The number of rotatable bonds is 2. The number of fused-ring (bicyclic) bond motifs is 2. The molecule has 0 spiro atoms. The second-order valence-electron chi connectivity index (χ2n) is 7.45. The zero-order valence-electron chi connectivity index (χ0n) is 16.1. The topological polar surface area (TPSA) is 80.4 Å². The van der Waals surface area contributed by atoms with Gasteiger partial charge in [0.05, 0.1) is 5.69 Å². The first-order chi connectivity index (χ1) is 14.0. The molecule has 4 heterocycles. The van der Waals surface area contributed by atoms with Crippen LogP contribution in [0.3, 0.4) is 0 Å². The minimum Gasteiger partial charge on any atom is -0.368 e. The molecule has 1 aliphatic heterocycles. The van der Waals surface area contributed by atoms with E-state index in [9.17, 15) is 9.18 Å². The molecule has 1 aliphatic rings. The van der Waals surface area contributed by atoms with Crippen LogP contribution in [-0.2, 0) is 7.05 Å². The molecule has 1 saturated heterocycles. The van der Waals surface area contributed by atoms with Crippen LogP contribution in [0.2, 0.25) is 0 Å². The molecule has 0 aliphatic carbocycles. The van der Waals surface area contributed by atoms with Gasteiger partial charge in [0.1, 0.15) is 11.2 Å². The summed E-state index contributed by atoms with van der Waals surface area (Å²) in [5.41, 5.74) is 1.71. The van der Waals surface area contributed by atoms with E-state index in [2.05, 4.69) is 32.2 Å². The maximum absolute atomic E-state index is 14.4. The number of nitrogens with zero attached hydrogens (tertiary/aromatic N) is 6. The summed E-state index contributed by atoms with van der Waals surface area (Å²) in [6, 6.07) is 7.19. The highest BCUT2D eigenvalue weighted by molar-refractivity contribution is 5.83. The molecule has 0 amide bonds. The van der Waals surface area contributed by atoms with E-state index >= 15 is 0 Å². The first kappa shape index (κ1) is 17.7. The highest BCUT2D eigenvalue weighted by Gasteiger charge is 2.17. The van der Waals surface area contributed by atoms with E-state index in [0.717, 1.165) is 25.3 Å². The van der Waals surface area contributed by atoms with Crippen LogP contribution >= 0.6 is 0 Å². The van der Waals surface area contributed by atoms with Gasteiger partial charge in [-0.3, -0.25) is 4.68 Å². The van der Waals surface area contributed by atoms with Crippen molar-refractivity contribution in [1.82, 2.24) is 29.5 Å². The number of piperazine rings is 1. The molecule has 0 bridgehead atoms. The van der Waals surface area contributed by atoms with Crippen LogP contribution in [0.4, 0.5) is 10.1 Å². The number of benzene rings is 1. The monoisotopic (exact) mass is 393 g/mol. The van der Waals surface area contributed by atoms with Crippen LogP contribution in [0.5, 0.6) is 0 Å². The van der Waals surface area contributed by atoms with Crippen molar-refractivity contribution < 1.29 is 4.39 Å². The average molecular weight is 393 g/mol. The molecular formula is C20H20FN7O. The summed E-state index contributed by atoms with van der Waals surface area (Å²) in [4.78, 5) is 23.5. The summed E-state index contributed by atoms with van der Waals surface area (Å²) in [7, 11) is 1.73. The van der Waals surface area contributed by atoms with Gasteiger partial charge in [0.2, 0.25) is 0 Å². The molecular weight excluding hydrogens is 373 g/mol. The molecule has 4 aromatic rings. The summed E-state index contributed by atoms with van der Waals surface area (Å²) in [5.74, 6) is -0.270. The number of hydrogen-bond donors (Lipinski definition) is 1. The second-order valence-corrected chi connectivity index (χ2v) is 7.45. The molecule has 1 fully saturated rings. The normalized spacial score (nSPS) is 17.3. The Balaban J connectivity index is 1.58. The van der Waals surface area contributed by atoms with E-state index < -0.39 is 11.5 Å². The molecule has 1 aromatic carbocycles. The Morgan fingerprint density at radius 2 is 2.07 bits per heavy atom. The maximum Gasteiger partial charge on any atom is 0.355 e. The van der Waals surface area contributed by atoms with E-state index in [1.165, 1.54) is 10.5 Å². The Bertz CT molecular complexity index is 1300. The van der Waals surface area contributed by atoms with Crippen molar-refractivity contribution in [2.24, 2.45) is 7.05 Å². The Labute approximate surface area is 165 Å². The third-order valence-electron chi connectivity index (χ3n) is 5.21. The lowest BCUT2D eigenvalue weighted by molar-refractivity contribution is 0.484. The highest BCUT2D eigenvalue weighted by atomic mass is 19.1. The standard InChI is InChI=1S/C20H20FN7O/c1-12-9-27(6-5-22-12)15-3-4-17-23-19(24-20(29)28(17)11-15)13-7-14-10-26(2)25-18(14)16(21)8-13/h3-4,7-8,10-12,22H,5-6,9H2,1-2H3. The average Bonchev–Trinajstić information content (AvgIpc) is 3.08. The van der Waals surface area contributed by atoms with Gasteiger partial charge in [0.25, 0.3) is 0 Å². The van der Waals surface area contributed by atoms with E-state index in [4.69, 9.17) is 0 Å². The van der Waals surface area contributed by atoms with E-state index in [1.54, 1.807) is 36.3 Å². The summed E-state index contributed by atoms with van der Waals surface area (Å²) in [5, 5.41) is 8.14. The quantitative estimate of drug-likeness (QED) is 0.557. The Hall–Kier alpha value is -3.33. The SMILES string of the molecule is CC1CN(c2ccc3nc(-c4cc(F)c5nn(C)cc5c4)nc(=O)n3c2)CCN1. The van der Waals surface area contributed by atoms with E-state index in [1.807, 2.05) is 6.07 Å². The number of hydrogen-bond acceptors (Lipinski definition) is 6. The lowest BCUT2D eigenvalue weighted by Gasteiger charge is -2.33. The first-order valence-electron chi connectivity index (χ1n) is 9.50. The van der Waals surface area contributed by atoms with E-state index in [-0.39, 0.29) is 11.3 Å². The molecule has 1 unspecified atom stereocenters. The lowest BCUT2D eigenvalue weighted by atomic mass is 10.1. The smallest absolute Gasteiger partial charge is 0.355 e. The van der Waals surface area contributed by atoms with Crippen LogP contribution < -0.4 is 15.9 Å². The van der Waals surface area contributed by atoms with Gasteiger partial charge in [-0.25, -0.2) is 18.6 Å². The van der Waals surface area contributed by atoms with Gasteiger partial charge in [0, 0.05) is 56.1 Å². The molecule has 3 aromatic heterocycles. The van der Waals surface area contributed by atoms with Crippen molar-refractivity contribution in [3.8, 4) is 11.4 Å². The molecule has 5 rings (SSSR count). The Kier molecular flexibility index (Phi) is 4.06. The molecule has 1 N–H and O–H groups in total. The molecule has 9 heteroatoms. The van der Waals surface area contributed by atoms with Gasteiger partial charge < -0.3 is 10.2 Å². The van der Waals surface area contributed by atoms with Gasteiger partial charge in [-0.05, 0) is 31.2 Å². The predicted octanol–water partition coefficient (Wildman–Crippen LogP) is 1.58. The lowest BCUT2D eigenvalue weighted by Crippen LogP contribution is -2.49. The number of anilines is 1. The van der Waals surface area contributed by atoms with Crippen LogP contribution in [0.25, 0.3) is 27.9 Å².